The third-order valence-electron chi connectivity index (χ3n) is 4.71. The van der Waals surface area contributed by atoms with E-state index < -0.39 is 0 Å². The second kappa shape index (κ2) is 5.57. The first-order chi connectivity index (χ1) is 11.2. The number of aromatic amines is 1. The molecule has 1 amide bonds. The Hall–Kier alpha value is -2.56. The average molecular weight is 308 g/mol. The molecule has 1 fully saturated rings. The van der Waals surface area contributed by atoms with Crippen molar-refractivity contribution in [1.82, 2.24) is 19.7 Å². The van der Waals surface area contributed by atoms with Gasteiger partial charge in [-0.05, 0) is 42.0 Å². The van der Waals surface area contributed by atoms with E-state index in [1.54, 1.807) is 0 Å². The van der Waals surface area contributed by atoms with Gasteiger partial charge in [0, 0.05) is 49.5 Å². The molecule has 1 aliphatic heterocycles. The quantitative estimate of drug-likeness (QED) is 0.791. The van der Waals surface area contributed by atoms with Crippen LogP contribution >= 0.6 is 0 Å². The van der Waals surface area contributed by atoms with Crippen molar-refractivity contribution >= 4 is 16.8 Å². The minimum Gasteiger partial charge on any atom is -0.361 e. The normalized spacial score (nSPS) is 18.5. The first-order valence-electron chi connectivity index (χ1n) is 8.06. The van der Waals surface area contributed by atoms with E-state index in [9.17, 15) is 4.79 Å². The van der Waals surface area contributed by atoms with Gasteiger partial charge >= 0.3 is 0 Å². The second-order valence-electron chi connectivity index (χ2n) is 6.32. The van der Waals surface area contributed by atoms with Crippen molar-refractivity contribution in [3.8, 4) is 0 Å². The number of amides is 1. The van der Waals surface area contributed by atoms with Crippen molar-refractivity contribution in [1.29, 1.82) is 0 Å². The standard InChI is InChI=1S/C18H20N4O/c1-21-11-16(10-20-21)15-3-2-8-22(12-15)18(23)14-5-4-13-6-7-19-17(13)9-14/h4-7,9-11,15,19H,2-3,8,12H2,1H3. The van der Waals surface area contributed by atoms with E-state index >= 15 is 0 Å². The predicted octanol–water partition coefficient (Wildman–Crippen LogP) is 2.92. The molecule has 0 bridgehead atoms. The molecule has 118 valence electrons. The van der Waals surface area contributed by atoms with Crippen LogP contribution in [0.2, 0.25) is 0 Å². The number of nitrogens with one attached hydrogen (secondary N) is 1. The molecule has 3 aromatic rings. The fourth-order valence-corrected chi connectivity index (χ4v) is 3.45. The lowest BCUT2D eigenvalue weighted by molar-refractivity contribution is 0.0707. The Kier molecular flexibility index (Phi) is 3.41. The molecular weight excluding hydrogens is 288 g/mol. The lowest BCUT2D eigenvalue weighted by atomic mass is 9.92. The Morgan fingerprint density at radius 1 is 1.35 bits per heavy atom. The molecule has 2 aromatic heterocycles. The van der Waals surface area contributed by atoms with Gasteiger partial charge in [-0.3, -0.25) is 9.48 Å². The Labute approximate surface area is 134 Å². The topological polar surface area (TPSA) is 53.9 Å². The van der Waals surface area contributed by atoms with E-state index in [1.165, 1.54) is 5.56 Å². The Morgan fingerprint density at radius 2 is 2.26 bits per heavy atom. The fraction of sp³-hybridized carbons (Fsp3) is 0.333. The van der Waals surface area contributed by atoms with Crippen molar-refractivity contribution in [3.05, 3.63) is 54.0 Å². The van der Waals surface area contributed by atoms with E-state index in [0.717, 1.165) is 42.4 Å². The van der Waals surface area contributed by atoms with Crippen LogP contribution in [0.25, 0.3) is 10.9 Å². The minimum absolute atomic E-state index is 0.120. The van der Waals surface area contributed by atoms with Gasteiger partial charge in [-0.15, -0.1) is 0 Å². The van der Waals surface area contributed by atoms with E-state index in [1.807, 2.05) is 53.3 Å². The zero-order valence-electron chi connectivity index (χ0n) is 13.2. The molecule has 1 aromatic carbocycles. The Morgan fingerprint density at radius 3 is 3.09 bits per heavy atom. The van der Waals surface area contributed by atoms with Gasteiger partial charge in [-0.2, -0.15) is 5.10 Å². The van der Waals surface area contributed by atoms with Gasteiger partial charge in [-0.25, -0.2) is 0 Å². The van der Waals surface area contributed by atoms with Gasteiger partial charge in [0.15, 0.2) is 0 Å². The van der Waals surface area contributed by atoms with Crippen molar-refractivity contribution in [3.63, 3.8) is 0 Å². The highest BCUT2D eigenvalue weighted by molar-refractivity contribution is 5.98. The lowest BCUT2D eigenvalue weighted by Crippen LogP contribution is -2.39. The molecule has 23 heavy (non-hydrogen) atoms. The smallest absolute Gasteiger partial charge is 0.253 e. The Bertz CT molecular complexity index is 847. The van der Waals surface area contributed by atoms with Crippen LogP contribution in [0.3, 0.4) is 0 Å². The van der Waals surface area contributed by atoms with E-state index in [4.69, 9.17) is 0 Å². The molecule has 4 rings (SSSR count). The van der Waals surface area contributed by atoms with Crippen molar-refractivity contribution in [2.75, 3.05) is 13.1 Å². The summed E-state index contributed by atoms with van der Waals surface area (Å²) in [7, 11) is 1.93. The molecule has 5 heteroatoms. The molecule has 0 aliphatic carbocycles. The summed E-state index contributed by atoms with van der Waals surface area (Å²) in [4.78, 5) is 18.0. The van der Waals surface area contributed by atoms with Gasteiger partial charge < -0.3 is 9.88 Å². The first kappa shape index (κ1) is 14.1. The molecule has 3 heterocycles. The van der Waals surface area contributed by atoms with Crippen LogP contribution in [0, 0.1) is 0 Å². The second-order valence-corrected chi connectivity index (χ2v) is 6.32. The molecule has 5 nitrogen and oxygen atoms in total. The largest absolute Gasteiger partial charge is 0.361 e. The van der Waals surface area contributed by atoms with Crippen LogP contribution < -0.4 is 0 Å². The molecule has 0 radical (unpaired) electrons. The molecular formula is C18H20N4O. The predicted molar refractivity (Wildman–Crippen MR) is 89.4 cm³/mol. The maximum atomic E-state index is 12.8. The van der Waals surface area contributed by atoms with E-state index in [2.05, 4.69) is 16.3 Å². The van der Waals surface area contributed by atoms with Crippen LogP contribution in [-0.4, -0.2) is 38.7 Å². The van der Waals surface area contributed by atoms with Gasteiger partial charge in [0.05, 0.1) is 6.20 Å². The molecule has 1 unspecified atom stereocenters. The van der Waals surface area contributed by atoms with Crippen LogP contribution in [0.1, 0.15) is 34.7 Å². The van der Waals surface area contributed by atoms with Crippen molar-refractivity contribution in [2.24, 2.45) is 7.05 Å². The van der Waals surface area contributed by atoms with Crippen LogP contribution in [-0.2, 0) is 7.05 Å². The minimum atomic E-state index is 0.120. The number of likely N-dealkylation sites (tertiary alicyclic amines) is 1. The summed E-state index contributed by atoms with van der Waals surface area (Å²) in [5, 5.41) is 5.39. The summed E-state index contributed by atoms with van der Waals surface area (Å²) in [5.41, 5.74) is 2.99. The van der Waals surface area contributed by atoms with Crippen LogP contribution in [0.4, 0.5) is 0 Å². The number of nitrogens with zero attached hydrogens (tertiary/aromatic N) is 3. The van der Waals surface area contributed by atoms with Crippen LogP contribution in [0.5, 0.6) is 0 Å². The summed E-state index contributed by atoms with van der Waals surface area (Å²) in [6.45, 7) is 1.60. The monoisotopic (exact) mass is 308 g/mol. The maximum absolute atomic E-state index is 12.8. The molecule has 1 saturated heterocycles. The highest BCUT2D eigenvalue weighted by Crippen LogP contribution is 2.27. The molecule has 1 aliphatic rings. The molecule has 1 atom stereocenters. The summed E-state index contributed by atoms with van der Waals surface area (Å²) >= 11 is 0. The first-order valence-corrected chi connectivity index (χ1v) is 8.06. The average Bonchev–Trinajstić information content (AvgIpc) is 3.22. The number of hydrogen-bond donors (Lipinski definition) is 1. The summed E-state index contributed by atoms with van der Waals surface area (Å²) in [6.07, 6.45) is 8.03. The fourth-order valence-electron chi connectivity index (χ4n) is 3.45. The molecule has 1 N–H and O–H groups in total. The van der Waals surface area contributed by atoms with Gasteiger partial charge in [-0.1, -0.05) is 6.07 Å². The number of aryl methyl sites for hydroxylation is 1. The number of fused-ring (bicyclic) bond motifs is 1. The van der Waals surface area contributed by atoms with Crippen LogP contribution in [0.15, 0.2) is 42.9 Å². The number of aromatic nitrogens is 3. The maximum Gasteiger partial charge on any atom is 0.253 e. The highest BCUT2D eigenvalue weighted by atomic mass is 16.2. The number of carbonyl (C=O) groups excluding carboxylic acids is 1. The SMILES string of the molecule is Cn1cc(C2CCCN(C(=O)c3ccc4cc[nH]c4c3)C2)cn1. The van der Waals surface area contributed by atoms with Gasteiger partial charge in [0.25, 0.3) is 5.91 Å². The van der Waals surface area contributed by atoms with Gasteiger partial charge in [0.2, 0.25) is 0 Å². The van der Waals surface area contributed by atoms with Crippen molar-refractivity contribution in [2.45, 2.75) is 18.8 Å². The molecule has 0 spiro atoms. The number of H-pyrrole nitrogens is 1. The number of piperidine rings is 1. The number of carbonyl (C=O) groups is 1. The zero-order valence-corrected chi connectivity index (χ0v) is 13.2. The lowest BCUT2D eigenvalue weighted by Gasteiger charge is -2.32. The number of hydrogen-bond acceptors (Lipinski definition) is 2. The Balaban J connectivity index is 1.55. The van der Waals surface area contributed by atoms with Gasteiger partial charge in [0.1, 0.15) is 0 Å². The van der Waals surface area contributed by atoms with Crippen molar-refractivity contribution < 1.29 is 4.79 Å². The van der Waals surface area contributed by atoms with E-state index in [0.29, 0.717) is 5.92 Å². The summed E-state index contributed by atoms with van der Waals surface area (Å²) < 4.78 is 1.83. The highest BCUT2D eigenvalue weighted by Gasteiger charge is 2.26. The summed E-state index contributed by atoms with van der Waals surface area (Å²) in [6, 6.07) is 7.89. The number of benzene rings is 1. The third-order valence-corrected chi connectivity index (χ3v) is 4.71. The number of rotatable bonds is 2. The zero-order chi connectivity index (χ0) is 15.8. The molecule has 0 saturated carbocycles. The summed E-state index contributed by atoms with van der Waals surface area (Å²) in [5.74, 6) is 0.505. The van der Waals surface area contributed by atoms with E-state index in [-0.39, 0.29) is 5.91 Å². The third kappa shape index (κ3) is 2.63.